The normalized spacial score (nSPS) is 12.6. The maximum absolute atomic E-state index is 12.6. The fourth-order valence-corrected chi connectivity index (χ4v) is 1.15. The van der Waals surface area contributed by atoms with E-state index < -0.39 is 5.97 Å². The van der Waals surface area contributed by atoms with E-state index in [0.717, 1.165) is 6.08 Å². The molecule has 16 heavy (non-hydrogen) atoms. The zero-order valence-corrected chi connectivity index (χ0v) is 8.89. The van der Waals surface area contributed by atoms with Crippen LogP contribution in [0.3, 0.4) is 0 Å². The van der Waals surface area contributed by atoms with Crippen LogP contribution in [-0.2, 0) is 4.79 Å². The van der Waals surface area contributed by atoms with Crippen molar-refractivity contribution >= 4 is 5.97 Å². The molecule has 4 heteroatoms. The van der Waals surface area contributed by atoms with Crippen LogP contribution in [0.5, 0.6) is 5.75 Å². The number of hydrogen-bond donors (Lipinski definition) is 1. The molecule has 1 atom stereocenters. The summed E-state index contributed by atoms with van der Waals surface area (Å²) in [5.74, 6) is -0.725. The Labute approximate surface area is 93.2 Å². The largest absolute Gasteiger partial charge is 0.490 e. The molecule has 1 rings (SSSR count). The molecule has 1 N–H and O–H groups in total. The van der Waals surface area contributed by atoms with Gasteiger partial charge in [0.15, 0.2) is 0 Å². The van der Waals surface area contributed by atoms with Crippen molar-refractivity contribution in [1.82, 2.24) is 0 Å². The van der Waals surface area contributed by atoms with Crippen molar-refractivity contribution in [3.63, 3.8) is 0 Å². The van der Waals surface area contributed by atoms with E-state index in [-0.39, 0.29) is 11.9 Å². The summed E-state index contributed by atoms with van der Waals surface area (Å²) in [5, 5.41) is 8.38. The van der Waals surface area contributed by atoms with Crippen LogP contribution < -0.4 is 4.74 Å². The molecule has 1 aromatic rings. The summed E-state index contributed by atoms with van der Waals surface area (Å²) in [7, 11) is 0. The van der Waals surface area contributed by atoms with Crippen molar-refractivity contribution < 1.29 is 19.0 Å². The van der Waals surface area contributed by atoms with E-state index >= 15 is 0 Å². The molecule has 0 fully saturated rings. The zero-order valence-electron chi connectivity index (χ0n) is 8.89. The lowest BCUT2D eigenvalue weighted by atomic mass is 10.2. The van der Waals surface area contributed by atoms with Gasteiger partial charge < -0.3 is 9.84 Å². The zero-order chi connectivity index (χ0) is 12.0. The molecule has 86 valence electrons. The third kappa shape index (κ3) is 4.59. The van der Waals surface area contributed by atoms with Gasteiger partial charge in [-0.2, -0.15) is 0 Å². The predicted molar refractivity (Wildman–Crippen MR) is 57.9 cm³/mol. The monoisotopic (exact) mass is 224 g/mol. The van der Waals surface area contributed by atoms with Gasteiger partial charge in [-0.3, -0.25) is 0 Å². The number of benzene rings is 1. The highest BCUT2D eigenvalue weighted by Crippen LogP contribution is 2.14. The van der Waals surface area contributed by atoms with Crippen molar-refractivity contribution in [2.24, 2.45) is 0 Å². The van der Waals surface area contributed by atoms with Gasteiger partial charge in [-0.15, -0.1) is 0 Å². The van der Waals surface area contributed by atoms with Crippen LogP contribution >= 0.6 is 0 Å². The van der Waals surface area contributed by atoms with Crippen molar-refractivity contribution in [3.05, 3.63) is 42.2 Å². The fourth-order valence-electron chi connectivity index (χ4n) is 1.15. The second-order valence-corrected chi connectivity index (χ2v) is 3.36. The number of halogens is 1. The highest BCUT2D eigenvalue weighted by Gasteiger charge is 2.02. The van der Waals surface area contributed by atoms with Gasteiger partial charge in [0.1, 0.15) is 11.6 Å². The van der Waals surface area contributed by atoms with Crippen LogP contribution in [0.25, 0.3) is 0 Å². The minimum Gasteiger partial charge on any atom is -0.490 e. The molecule has 1 aromatic carbocycles. The van der Waals surface area contributed by atoms with Crippen LogP contribution in [-0.4, -0.2) is 17.2 Å². The SMILES string of the molecule is CC(C/C=C/C(=O)O)Oc1ccc(F)cc1. The van der Waals surface area contributed by atoms with Gasteiger partial charge in [-0.05, 0) is 31.2 Å². The summed E-state index contributed by atoms with van der Waals surface area (Å²) in [6, 6.07) is 5.70. The molecule has 0 aliphatic heterocycles. The minimum absolute atomic E-state index is 0.152. The number of carbonyl (C=O) groups is 1. The Morgan fingerprint density at radius 2 is 2.12 bits per heavy atom. The van der Waals surface area contributed by atoms with Gasteiger partial charge in [0, 0.05) is 12.5 Å². The van der Waals surface area contributed by atoms with Crippen LogP contribution in [0.1, 0.15) is 13.3 Å². The Morgan fingerprint density at radius 1 is 1.50 bits per heavy atom. The molecule has 0 radical (unpaired) electrons. The lowest BCUT2D eigenvalue weighted by Crippen LogP contribution is -2.10. The molecule has 3 nitrogen and oxygen atoms in total. The van der Waals surface area contributed by atoms with E-state index in [1.165, 1.54) is 30.3 Å². The number of carboxylic acid groups (broad SMARTS) is 1. The average molecular weight is 224 g/mol. The Balaban J connectivity index is 2.42. The van der Waals surface area contributed by atoms with Gasteiger partial charge in [0.2, 0.25) is 0 Å². The fraction of sp³-hybridized carbons (Fsp3) is 0.250. The first-order valence-electron chi connectivity index (χ1n) is 4.89. The summed E-state index contributed by atoms with van der Waals surface area (Å²) < 4.78 is 18.0. The number of ether oxygens (including phenoxy) is 1. The third-order valence-electron chi connectivity index (χ3n) is 1.88. The van der Waals surface area contributed by atoms with E-state index in [4.69, 9.17) is 9.84 Å². The molecule has 0 saturated carbocycles. The second kappa shape index (κ2) is 5.90. The van der Waals surface area contributed by atoms with E-state index in [1.807, 2.05) is 6.92 Å². The molecule has 1 unspecified atom stereocenters. The van der Waals surface area contributed by atoms with E-state index in [0.29, 0.717) is 12.2 Å². The quantitative estimate of drug-likeness (QED) is 0.782. The molecular weight excluding hydrogens is 211 g/mol. The summed E-state index contributed by atoms with van der Waals surface area (Å²) in [4.78, 5) is 10.2. The molecule has 0 aliphatic carbocycles. The second-order valence-electron chi connectivity index (χ2n) is 3.36. The van der Waals surface area contributed by atoms with Crippen LogP contribution in [0.2, 0.25) is 0 Å². The lowest BCUT2D eigenvalue weighted by Gasteiger charge is -2.12. The highest BCUT2D eigenvalue weighted by atomic mass is 19.1. The lowest BCUT2D eigenvalue weighted by molar-refractivity contribution is -0.131. The highest BCUT2D eigenvalue weighted by molar-refractivity contribution is 5.79. The molecule has 0 aromatic heterocycles. The van der Waals surface area contributed by atoms with E-state index in [9.17, 15) is 9.18 Å². The molecule has 0 amide bonds. The predicted octanol–water partition coefficient (Wildman–Crippen LogP) is 2.62. The standard InChI is InChI=1S/C12H13FO3/c1-9(3-2-4-12(14)15)16-11-7-5-10(13)6-8-11/h2,4-9H,3H2,1H3,(H,14,15)/b4-2+. The van der Waals surface area contributed by atoms with Gasteiger partial charge in [-0.25, -0.2) is 9.18 Å². The maximum Gasteiger partial charge on any atom is 0.327 e. The number of rotatable bonds is 5. The first-order chi connectivity index (χ1) is 7.58. The van der Waals surface area contributed by atoms with Gasteiger partial charge in [0.25, 0.3) is 0 Å². The summed E-state index contributed by atoms with van der Waals surface area (Å²) >= 11 is 0. The molecule has 0 spiro atoms. The molecular formula is C12H13FO3. The summed E-state index contributed by atoms with van der Waals surface area (Å²) in [6.45, 7) is 1.82. The van der Waals surface area contributed by atoms with Gasteiger partial charge in [-0.1, -0.05) is 6.08 Å². The van der Waals surface area contributed by atoms with Crippen molar-refractivity contribution in [1.29, 1.82) is 0 Å². The third-order valence-corrected chi connectivity index (χ3v) is 1.88. The van der Waals surface area contributed by atoms with Gasteiger partial charge >= 0.3 is 5.97 Å². The van der Waals surface area contributed by atoms with E-state index in [1.54, 1.807) is 0 Å². The Kier molecular flexibility index (Phi) is 4.51. The first-order valence-corrected chi connectivity index (χ1v) is 4.89. The Morgan fingerprint density at radius 3 is 2.69 bits per heavy atom. The number of carboxylic acids is 1. The van der Waals surface area contributed by atoms with Crippen molar-refractivity contribution in [3.8, 4) is 5.75 Å². The van der Waals surface area contributed by atoms with Crippen LogP contribution in [0, 0.1) is 5.82 Å². The topological polar surface area (TPSA) is 46.5 Å². The molecule has 0 heterocycles. The Bertz CT molecular complexity index is 370. The van der Waals surface area contributed by atoms with Crippen molar-refractivity contribution in [2.75, 3.05) is 0 Å². The average Bonchev–Trinajstić information content (AvgIpc) is 2.21. The van der Waals surface area contributed by atoms with Crippen molar-refractivity contribution in [2.45, 2.75) is 19.4 Å². The van der Waals surface area contributed by atoms with Crippen LogP contribution in [0.4, 0.5) is 4.39 Å². The Hall–Kier alpha value is -1.84. The van der Waals surface area contributed by atoms with E-state index in [2.05, 4.69) is 0 Å². The molecule has 0 aliphatic rings. The van der Waals surface area contributed by atoms with Crippen LogP contribution in [0.15, 0.2) is 36.4 Å². The first kappa shape index (κ1) is 12.2. The maximum atomic E-state index is 12.6. The smallest absolute Gasteiger partial charge is 0.327 e. The molecule has 0 saturated heterocycles. The molecule has 0 bridgehead atoms. The van der Waals surface area contributed by atoms with Gasteiger partial charge in [0.05, 0.1) is 6.10 Å². The summed E-state index contributed by atoms with van der Waals surface area (Å²) in [5.41, 5.74) is 0. The summed E-state index contributed by atoms with van der Waals surface area (Å²) in [6.07, 6.45) is 2.94. The number of hydrogen-bond acceptors (Lipinski definition) is 2. The number of aliphatic carboxylic acids is 1. The minimum atomic E-state index is -0.978.